The number of halogens is 2. The van der Waals surface area contributed by atoms with Crippen LogP contribution in [0, 0.1) is 17.7 Å². The zero-order valence-electron chi connectivity index (χ0n) is 20.6. The van der Waals surface area contributed by atoms with Gasteiger partial charge in [0, 0.05) is 25.3 Å². The molecule has 0 atom stereocenters. The van der Waals surface area contributed by atoms with E-state index < -0.39 is 6.17 Å². The molecule has 3 aliphatic rings. The van der Waals surface area contributed by atoms with E-state index in [1.807, 2.05) is 6.07 Å². The Kier molecular flexibility index (Phi) is 9.12. The standard InChI is InChI=1S/C28H40F2N2O2/c1-2-17-34-18-13-21-11-15-31(16-12-21)20-28(33)32-14-3-4-25(22-5-7-23(29)8-6-22)26-10-9-24(30)19-27(26)32/h4,9-10,19,21-23H,2-3,5-8,11-18,20H2,1H3. The highest BCUT2D eigenvalue weighted by atomic mass is 19.1. The molecule has 1 aromatic rings. The van der Waals surface area contributed by atoms with Gasteiger partial charge in [0.05, 0.1) is 12.2 Å². The molecule has 1 saturated heterocycles. The number of carbonyl (C=O) groups excluding carboxylic acids is 1. The first-order chi connectivity index (χ1) is 16.5. The average molecular weight is 475 g/mol. The largest absolute Gasteiger partial charge is 0.381 e. The maximum absolute atomic E-state index is 14.3. The minimum Gasteiger partial charge on any atom is -0.381 e. The zero-order chi connectivity index (χ0) is 23.9. The van der Waals surface area contributed by atoms with Crippen LogP contribution in [0.4, 0.5) is 14.5 Å². The van der Waals surface area contributed by atoms with Crippen LogP contribution in [0.5, 0.6) is 0 Å². The highest BCUT2D eigenvalue weighted by Gasteiger charge is 2.30. The van der Waals surface area contributed by atoms with Crippen molar-refractivity contribution in [2.45, 2.75) is 70.9 Å². The fraction of sp³-hybridized carbons (Fsp3) is 0.679. The van der Waals surface area contributed by atoms with E-state index >= 15 is 0 Å². The van der Waals surface area contributed by atoms with Crippen molar-refractivity contribution in [1.29, 1.82) is 0 Å². The third-order valence-electron chi connectivity index (χ3n) is 7.76. The molecule has 188 valence electrons. The first-order valence-corrected chi connectivity index (χ1v) is 13.3. The van der Waals surface area contributed by atoms with Gasteiger partial charge >= 0.3 is 0 Å². The number of benzene rings is 1. The smallest absolute Gasteiger partial charge is 0.241 e. The highest BCUT2D eigenvalue weighted by Crippen LogP contribution is 2.41. The maximum atomic E-state index is 14.3. The second-order valence-corrected chi connectivity index (χ2v) is 10.2. The summed E-state index contributed by atoms with van der Waals surface area (Å²) in [4.78, 5) is 17.4. The summed E-state index contributed by atoms with van der Waals surface area (Å²) < 4.78 is 33.7. The lowest BCUT2D eigenvalue weighted by molar-refractivity contribution is -0.120. The van der Waals surface area contributed by atoms with E-state index in [-0.39, 0.29) is 17.6 Å². The molecule has 1 aliphatic carbocycles. The molecule has 4 rings (SSSR count). The Bertz CT molecular complexity index is 843. The number of hydrogen-bond acceptors (Lipinski definition) is 3. The highest BCUT2D eigenvalue weighted by molar-refractivity contribution is 5.98. The number of piperidine rings is 1. The van der Waals surface area contributed by atoms with E-state index in [1.54, 1.807) is 4.90 Å². The number of amides is 1. The number of alkyl halides is 1. The van der Waals surface area contributed by atoms with Gasteiger partial charge in [0.15, 0.2) is 0 Å². The van der Waals surface area contributed by atoms with Gasteiger partial charge in [0.2, 0.25) is 5.91 Å². The van der Waals surface area contributed by atoms with Crippen molar-refractivity contribution in [2.24, 2.45) is 11.8 Å². The topological polar surface area (TPSA) is 32.8 Å². The molecule has 34 heavy (non-hydrogen) atoms. The van der Waals surface area contributed by atoms with Gasteiger partial charge in [0.1, 0.15) is 12.0 Å². The van der Waals surface area contributed by atoms with E-state index in [2.05, 4.69) is 17.9 Å². The molecular formula is C28H40F2N2O2. The zero-order valence-corrected chi connectivity index (χ0v) is 20.6. The number of carbonyl (C=O) groups is 1. The number of allylic oxidation sites excluding steroid dienone is 1. The normalized spacial score (nSPS) is 24.4. The maximum Gasteiger partial charge on any atom is 0.241 e. The predicted molar refractivity (Wildman–Crippen MR) is 133 cm³/mol. The van der Waals surface area contributed by atoms with E-state index in [0.717, 1.165) is 76.8 Å². The van der Waals surface area contributed by atoms with Crippen LogP contribution in [0.2, 0.25) is 0 Å². The molecule has 2 aliphatic heterocycles. The van der Waals surface area contributed by atoms with Crippen molar-refractivity contribution in [2.75, 3.05) is 44.3 Å². The van der Waals surface area contributed by atoms with Crippen LogP contribution >= 0.6 is 0 Å². The van der Waals surface area contributed by atoms with Crippen molar-refractivity contribution in [3.63, 3.8) is 0 Å². The molecule has 1 saturated carbocycles. The van der Waals surface area contributed by atoms with E-state index in [4.69, 9.17) is 4.74 Å². The van der Waals surface area contributed by atoms with E-state index in [1.165, 1.54) is 17.7 Å². The van der Waals surface area contributed by atoms with E-state index in [0.29, 0.717) is 37.5 Å². The molecule has 0 N–H and O–H groups in total. The molecule has 0 spiro atoms. The fourth-order valence-electron chi connectivity index (χ4n) is 5.77. The summed E-state index contributed by atoms with van der Waals surface area (Å²) >= 11 is 0. The molecular weight excluding hydrogens is 434 g/mol. The lowest BCUT2D eigenvalue weighted by atomic mass is 9.79. The summed E-state index contributed by atoms with van der Waals surface area (Å²) in [7, 11) is 0. The first-order valence-electron chi connectivity index (χ1n) is 13.3. The summed E-state index contributed by atoms with van der Waals surface area (Å²) in [5.41, 5.74) is 2.79. The Hall–Kier alpha value is -1.79. The number of fused-ring (bicyclic) bond motifs is 1. The van der Waals surface area contributed by atoms with Gasteiger partial charge in [-0.3, -0.25) is 9.69 Å². The van der Waals surface area contributed by atoms with Crippen molar-refractivity contribution in [3.8, 4) is 0 Å². The quantitative estimate of drug-likeness (QED) is 0.433. The predicted octanol–water partition coefficient (Wildman–Crippen LogP) is 6.00. The van der Waals surface area contributed by atoms with Gasteiger partial charge in [0.25, 0.3) is 0 Å². The van der Waals surface area contributed by atoms with Crippen molar-refractivity contribution in [3.05, 3.63) is 35.7 Å². The second-order valence-electron chi connectivity index (χ2n) is 10.2. The average Bonchev–Trinajstić information content (AvgIpc) is 3.03. The van der Waals surface area contributed by atoms with Gasteiger partial charge in [-0.1, -0.05) is 13.0 Å². The van der Waals surface area contributed by atoms with Crippen LogP contribution in [0.3, 0.4) is 0 Å². The lowest BCUT2D eigenvalue weighted by Gasteiger charge is -2.33. The molecule has 0 bridgehead atoms. The third kappa shape index (κ3) is 6.45. The van der Waals surface area contributed by atoms with Gasteiger partial charge in [-0.25, -0.2) is 8.78 Å². The monoisotopic (exact) mass is 474 g/mol. The van der Waals surface area contributed by atoms with Gasteiger partial charge in [-0.15, -0.1) is 0 Å². The number of hydrogen-bond donors (Lipinski definition) is 0. The molecule has 0 unspecified atom stereocenters. The minimum absolute atomic E-state index is 0.0405. The molecule has 1 aromatic carbocycles. The molecule has 6 heteroatoms. The van der Waals surface area contributed by atoms with Crippen LogP contribution in [-0.2, 0) is 9.53 Å². The van der Waals surface area contributed by atoms with Crippen LogP contribution in [0.15, 0.2) is 24.3 Å². The Labute approximate surface area is 203 Å². The number of ether oxygens (including phenoxy) is 1. The molecule has 4 nitrogen and oxygen atoms in total. The van der Waals surface area contributed by atoms with Crippen molar-refractivity contribution < 1.29 is 18.3 Å². The van der Waals surface area contributed by atoms with Gasteiger partial charge in [-0.2, -0.15) is 0 Å². The number of anilines is 1. The van der Waals surface area contributed by atoms with Gasteiger partial charge in [-0.05, 0) is 106 Å². The molecule has 2 fully saturated rings. The number of nitrogens with zero attached hydrogens (tertiary/aromatic N) is 2. The van der Waals surface area contributed by atoms with Crippen molar-refractivity contribution in [1.82, 2.24) is 4.90 Å². The SMILES string of the molecule is CCCOCCC1CCN(CC(=O)N2CCC=C(C3CCC(F)CC3)c3ccc(F)cc32)CC1. The van der Waals surface area contributed by atoms with Gasteiger partial charge < -0.3 is 9.64 Å². The molecule has 2 heterocycles. The summed E-state index contributed by atoms with van der Waals surface area (Å²) in [5.74, 6) is 0.670. The third-order valence-corrected chi connectivity index (χ3v) is 7.76. The Morgan fingerprint density at radius 3 is 2.56 bits per heavy atom. The van der Waals surface area contributed by atoms with Crippen LogP contribution in [-0.4, -0.2) is 56.4 Å². The first kappa shape index (κ1) is 25.3. The Morgan fingerprint density at radius 2 is 1.82 bits per heavy atom. The summed E-state index contributed by atoms with van der Waals surface area (Å²) in [6, 6.07) is 4.81. The fourth-order valence-corrected chi connectivity index (χ4v) is 5.77. The second kappa shape index (κ2) is 12.3. The lowest BCUT2D eigenvalue weighted by Crippen LogP contribution is -2.44. The molecule has 0 radical (unpaired) electrons. The Morgan fingerprint density at radius 1 is 1.06 bits per heavy atom. The van der Waals surface area contributed by atoms with E-state index in [9.17, 15) is 13.6 Å². The van der Waals surface area contributed by atoms with Crippen LogP contribution in [0.25, 0.3) is 5.57 Å². The Balaban J connectivity index is 1.38. The summed E-state index contributed by atoms with van der Waals surface area (Å²) in [6.45, 7) is 6.56. The number of rotatable bonds is 8. The molecule has 0 aromatic heterocycles. The summed E-state index contributed by atoms with van der Waals surface area (Å²) in [6.07, 6.45) is 9.39. The van der Waals surface area contributed by atoms with Crippen LogP contribution in [0.1, 0.15) is 70.3 Å². The summed E-state index contributed by atoms with van der Waals surface area (Å²) in [5, 5.41) is 0. The number of likely N-dealkylation sites (tertiary alicyclic amines) is 1. The minimum atomic E-state index is -0.707. The molecule has 1 amide bonds. The van der Waals surface area contributed by atoms with Crippen molar-refractivity contribution >= 4 is 17.2 Å². The van der Waals surface area contributed by atoms with Crippen LogP contribution < -0.4 is 4.90 Å².